The van der Waals surface area contributed by atoms with Gasteiger partial charge in [-0.2, -0.15) is 4.98 Å². The molecule has 0 aliphatic heterocycles. The quantitative estimate of drug-likeness (QED) is 0.894. The zero-order chi connectivity index (χ0) is 14.8. The van der Waals surface area contributed by atoms with Crippen molar-refractivity contribution in [3.8, 4) is 5.75 Å². The molecule has 1 aromatic heterocycles. The number of ether oxygens (including phenoxy) is 1. The normalized spacial score (nSPS) is 11.2. The summed E-state index contributed by atoms with van der Waals surface area (Å²) in [4.78, 5) is 16.4. The second-order valence-electron chi connectivity index (χ2n) is 5.05. The molecule has 2 rings (SSSR count). The minimum atomic E-state index is -0.694. The summed E-state index contributed by atoms with van der Waals surface area (Å²) in [6.45, 7) is 5.48. The SMILES string of the molecule is COc1ccc(C(C)(C)C(=O)Nc2n[nH]c(C)n2)cc1. The lowest BCUT2D eigenvalue weighted by Crippen LogP contribution is -2.35. The molecule has 1 amide bonds. The van der Waals surface area contributed by atoms with Gasteiger partial charge in [-0.3, -0.25) is 15.2 Å². The summed E-state index contributed by atoms with van der Waals surface area (Å²) in [5.74, 6) is 1.54. The third kappa shape index (κ3) is 2.79. The van der Waals surface area contributed by atoms with Crippen molar-refractivity contribution in [2.45, 2.75) is 26.2 Å². The van der Waals surface area contributed by atoms with Crippen LogP contribution in [0.2, 0.25) is 0 Å². The number of aromatic amines is 1. The Labute approximate surface area is 117 Å². The van der Waals surface area contributed by atoms with Gasteiger partial charge in [-0.05, 0) is 38.5 Å². The monoisotopic (exact) mass is 274 g/mol. The second kappa shape index (κ2) is 5.32. The molecule has 6 nitrogen and oxygen atoms in total. The first kappa shape index (κ1) is 14.0. The number of benzene rings is 1. The molecule has 0 aliphatic rings. The molecule has 20 heavy (non-hydrogen) atoms. The standard InChI is InChI=1S/C14H18N4O2/c1-9-15-13(18-17-9)16-12(19)14(2,3)10-5-7-11(20-4)8-6-10/h5-8H,1-4H3,(H2,15,16,17,18,19). The van der Waals surface area contributed by atoms with Crippen LogP contribution in [0, 0.1) is 6.92 Å². The van der Waals surface area contributed by atoms with Crippen molar-refractivity contribution in [3.63, 3.8) is 0 Å². The number of aromatic nitrogens is 3. The summed E-state index contributed by atoms with van der Waals surface area (Å²) < 4.78 is 5.12. The second-order valence-corrected chi connectivity index (χ2v) is 5.05. The average Bonchev–Trinajstić information content (AvgIpc) is 2.84. The number of rotatable bonds is 4. The number of methoxy groups -OCH3 is 1. The highest BCUT2D eigenvalue weighted by molar-refractivity contribution is 5.97. The van der Waals surface area contributed by atoms with E-state index >= 15 is 0 Å². The van der Waals surface area contributed by atoms with Crippen molar-refractivity contribution in [3.05, 3.63) is 35.7 Å². The Hall–Kier alpha value is -2.37. The van der Waals surface area contributed by atoms with Crippen molar-refractivity contribution in [2.75, 3.05) is 12.4 Å². The molecule has 106 valence electrons. The van der Waals surface area contributed by atoms with Crippen molar-refractivity contribution >= 4 is 11.9 Å². The molecule has 0 saturated carbocycles. The fourth-order valence-electron chi connectivity index (χ4n) is 1.80. The van der Waals surface area contributed by atoms with Crippen molar-refractivity contribution < 1.29 is 9.53 Å². The van der Waals surface area contributed by atoms with E-state index in [4.69, 9.17) is 4.74 Å². The van der Waals surface area contributed by atoms with Crippen molar-refractivity contribution in [2.24, 2.45) is 0 Å². The molecule has 0 spiro atoms. The van der Waals surface area contributed by atoms with Gasteiger partial charge in [0.15, 0.2) is 0 Å². The van der Waals surface area contributed by atoms with Crippen molar-refractivity contribution in [1.29, 1.82) is 0 Å². The molecule has 0 atom stereocenters. The van der Waals surface area contributed by atoms with Gasteiger partial charge in [0.2, 0.25) is 11.9 Å². The molecule has 1 aromatic carbocycles. The van der Waals surface area contributed by atoms with Gasteiger partial charge < -0.3 is 4.74 Å². The number of anilines is 1. The third-order valence-corrected chi connectivity index (χ3v) is 3.20. The fourth-order valence-corrected chi connectivity index (χ4v) is 1.80. The van der Waals surface area contributed by atoms with E-state index in [1.54, 1.807) is 14.0 Å². The number of amides is 1. The first-order valence-corrected chi connectivity index (χ1v) is 6.28. The first-order chi connectivity index (χ1) is 9.43. The van der Waals surface area contributed by atoms with E-state index in [1.807, 2.05) is 38.1 Å². The number of aryl methyl sites for hydroxylation is 1. The number of nitrogens with zero attached hydrogens (tertiary/aromatic N) is 2. The molecule has 1 heterocycles. The summed E-state index contributed by atoms with van der Waals surface area (Å²) >= 11 is 0. The smallest absolute Gasteiger partial charge is 0.248 e. The van der Waals surface area contributed by atoms with Crippen LogP contribution in [0.4, 0.5) is 5.95 Å². The van der Waals surface area contributed by atoms with E-state index in [0.29, 0.717) is 5.82 Å². The molecule has 2 aromatic rings. The Balaban J connectivity index is 2.17. The molecule has 0 unspecified atom stereocenters. The van der Waals surface area contributed by atoms with Crippen LogP contribution in [0.5, 0.6) is 5.75 Å². The molecule has 6 heteroatoms. The number of carbonyl (C=O) groups is 1. The summed E-state index contributed by atoms with van der Waals surface area (Å²) in [6, 6.07) is 7.42. The van der Waals surface area contributed by atoms with E-state index in [2.05, 4.69) is 20.5 Å². The Bertz CT molecular complexity index is 602. The molecule has 0 fully saturated rings. The number of hydrogen-bond acceptors (Lipinski definition) is 4. The molecule has 2 N–H and O–H groups in total. The van der Waals surface area contributed by atoms with Crippen LogP contribution >= 0.6 is 0 Å². The third-order valence-electron chi connectivity index (χ3n) is 3.20. The van der Waals surface area contributed by atoms with E-state index in [0.717, 1.165) is 11.3 Å². The minimum absolute atomic E-state index is 0.165. The highest BCUT2D eigenvalue weighted by Crippen LogP contribution is 2.26. The number of H-pyrrole nitrogens is 1. The van der Waals surface area contributed by atoms with Gasteiger partial charge >= 0.3 is 0 Å². The lowest BCUT2D eigenvalue weighted by Gasteiger charge is -2.23. The summed E-state index contributed by atoms with van der Waals surface area (Å²) in [5, 5.41) is 9.30. The van der Waals surface area contributed by atoms with E-state index in [-0.39, 0.29) is 11.9 Å². The number of nitrogens with one attached hydrogen (secondary N) is 2. The van der Waals surface area contributed by atoms with Gasteiger partial charge in [-0.15, -0.1) is 5.10 Å². The first-order valence-electron chi connectivity index (χ1n) is 6.28. The molecular formula is C14H18N4O2. The lowest BCUT2D eigenvalue weighted by atomic mass is 9.84. The zero-order valence-electron chi connectivity index (χ0n) is 12.0. The van der Waals surface area contributed by atoms with E-state index in [1.165, 1.54) is 0 Å². The Morgan fingerprint density at radius 1 is 1.30 bits per heavy atom. The van der Waals surface area contributed by atoms with Gasteiger partial charge in [-0.25, -0.2) is 0 Å². The topological polar surface area (TPSA) is 79.9 Å². The summed E-state index contributed by atoms with van der Waals surface area (Å²) in [5.41, 5.74) is 0.198. The van der Waals surface area contributed by atoms with Crippen LogP contribution in [0.25, 0.3) is 0 Å². The van der Waals surface area contributed by atoms with E-state index < -0.39 is 5.41 Å². The maximum Gasteiger partial charge on any atom is 0.248 e. The largest absolute Gasteiger partial charge is 0.497 e. The van der Waals surface area contributed by atoms with Gasteiger partial charge in [0.1, 0.15) is 11.6 Å². The van der Waals surface area contributed by atoms with Crippen LogP contribution in [-0.4, -0.2) is 28.2 Å². The minimum Gasteiger partial charge on any atom is -0.497 e. The maximum atomic E-state index is 12.4. The molecule has 0 aliphatic carbocycles. The molecular weight excluding hydrogens is 256 g/mol. The molecule has 0 bridgehead atoms. The Kier molecular flexibility index (Phi) is 3.74. The van der Waals surface area contributed by atoms with Crippen molar-refractivity contribution in [1.82, 2.24) is 15.2 Å². The lowest BCUT2D eigenvalue weighted by molar-refractivity contribution is -0.120. The molecule has 0 saturated heterocycles. The summed E-state index contributed by atoms with van der Waals surface area (Å²) in [7, 11) is 1.61. The maximum absolute atomic E-state index is 12.4. The zero-order valence-corrected chi connectivity index (χ0v) is 12.0. The average molecular weight is 274 g/mol. The summed E-state index contributed by atoms with van der Waals surface area (Å²) in [6.07, 6.45) is 0. The van der Waals surface area contributed by atoms with Crippen LogP contribution in [0.15, 0.2) is 24.3 Å². The van der Waals surface area contributed by atoms with E-state index in [9.17, 15) is 4.79 Å². The Morgan fingerprint density at radius 2 is 1.95 bits per heavy atom. The number of carbonyl (C=O) groups excluding carboxylic acids is 1. The van der Waals surface area contributed by atoms with Gasteiger partial charge in [0, 0.05) is 0 Å². The predicted molar refractivity (Wildman–Crippen MR) is 75.8 cm³/mol. The highest BCUT2D eigenvalue weighted by Gasteiger charge is 2.30. The fraction of sp³-hybridized carbons (Fsp3) is 0.357. The van der Waals surface area contributed by atoms with Gasteiger partial charge in [0.25, 0.3) is 0 Å². The van der Waals surface area contributed by atoms with Crippen LogP contribution in [0.1, 0.15) is 25.2 Å². The van der Waals surface area contributed by atoms with Crippen LogP contribution < -0.4 is 10.1 Å². The predicted octanol–water partition coefficient (Wildman–Crippen LogP) is 2.04. The van der Waals surface area contributed by atoms with Crippen LogP contribution in [-0.2, 0) is 10.2 Å². The Morgan fingerprint density at radius 3 is 2.45 bits per heavy atom. The van der Waals surface area contributed by atoms with Gasteiger partial charge in [0.05, 0.1) is 12.5 Å². The molecule has 0 radical (unpaired) electrons. The number of hydrogen-bond donors (Lipinski definition) is 2. The highest BCUT2D eigenvalue weighted by atomic mass is 16.5. The van der Waals surface area contributed by atoms with Crippen LogP contribution in [0.3, 0.4) is 0 Å². The van der Waals surface area contributed by atoms with Gasteiger partial charge in [-0.1, -0.05) is 12.1 Å².